The van der Waals surface area contributed by atoms with Crippen molar-refractivity contribution in [1.82, 2.24) is 14.8 Å². The molecule has 0 atom stereocenters. The Bertz CT molecular complexity index is 580. The first kappa shape index (κ1) is 21.4. The Morgan fingerprint density at radius 1 is 0.962 bits per heavy atom. The van der Waals surface area contributed by atoms with Crippen LogP contribution in [-0.2, 0) is 28.0 Å². The van der Waals surface area contributed by atoms with Crippen LogP contribution in [0.4, 0.5) is 0 Å². The largest absolute Gasteiger partial charge is 0.506 e. The molecule has 0 aliphatic carbocycles. The molecule has 0 spiro atoms. The van der Waals surface area contributed by atoms with Crippen molar-refractivity contribution in [2.24, 2.45) is 0 Å². The molecule has 1 aromatic heterocycles. The molecule has 2 fully saturated rings. The van der Waals surface area contributed by atoms with E-state index in [4.69, 9.17) is 14.5 Å². The van der Waals surface area contributed by atoms with Gasteiger partial charge in [0.05, 0.1) is 37.8 Å². The highest BCUT2D eigenvalue weighted by atomic mass is 35.5. The number of rotatable bonds is 4. The van der Waals surface area contributed by atoms with Crippen LogP contribution in [-0.4, -0.2) is 72.5 Å². The SMILES string of the molecule is CC(C)(C)c1nc(CN2CCOCC2)cc(CN2CCOCC2)c1O.Cl. The Labute approximate surface area is 162 Å². The minimum Gasteiger partial charge on any atom is -0.506 e. The van der Waals surface area contributed by atoms with Crippen molar-refractivity contribution in [3.05, 3.63) is 23.0 Å². The van der Waals surface area contributed by atoms with Crippen molar-refractivity contribution in [3.63, 3.8) is 0 Å². The Morgan fingerprint density at radius 3 is 1.96 bits per heavy atom. The molecule has 0 bridgehead atoms. The number of hydrogen-bond donors (Lipinski definition) is 1. The maximum absolute atomic E-state index is 10.8. The van der Waals surface area contributed by atoms with E-state index in [1.54, 1.807) is 0 Å². The summed E-state index contributed by atoms with van der Waals surface area (Å²) in [7, 11) is 0. The predicted octanol–water partition coefficient (Wildman–Crippen LogP) is 2.17. The predicted molar refractivity (Wildman–Crippen MR) is 104 cm³/mol. The molecule has 7 heteroatoms. The van der Waals surface area contributed by atoms with Crippen LogP contribution in [0.2, 0.25) is 0 Å². The van der Waals surface area contributed by atoms with E-state index in [-0.39, 0.29) is 17.8 Å². The highest BCUT2D eigenvalue weighted by Crippen LogP contribution is 2.33. The van der Waals surface area contributed by atoms with Crippen molar-refractivity contribution >= 4 is 12.4 Å². The van der Waals surface area contributed by atoms with Gasteiger partial charge < -0.3 is 14.6 Å². The van der Waals surface area contributed by atoms with E-state index < -0.39 is 0 Å². The molecular formula is C19H32ClN3O3. The Kier molecular flexibility index (Phi) is 7.67. The second kappa shape index (κ2) is 9.33. The number of hydrogen-bond acceptors (Lipinski definition) is 6. The molecule has 0 radical (unpaired) electrons. The Balaban J connectivity index is 0.00000243. The minimum absolute atomic E-state index is 0. The van der Waals surface area contributed by atoms with E-state index in [1.807, 2.05) is 0 Å². The topological polar surface area (TPSA) is 58.1 Å². The number of halogens is 1. The molecule has 2 saturated heterocycles. The van der Waals surface area contributed by atoms with Gasteiger partial charge in [-0.2, -0.15) is 0 Å². The molecule has 0 unspecified atom stereocenters. The molecule has 3 rings (SSSR count). The van der Waals surface area contributed by atoms with Crippen LogP contribution in [0.5, 0.6) is 5.75 Å². The molecule has 148 valence electrons. The van der Waals surface area contributed by atoms with Crippen LogP contribution in [0, 0.1) is 0 Å². The van der Waals surface area contributed by atoms with Crippen molar-refractivity contribution in [1.29, 1.82) is 0 Å². The zero-order valence-corrected chi connectivity index (χ0v) is 17.0. The summed E-state index contributed by atoms with van der Waals surface area (Å²) in [6, 6.07) is 2.08. The molecule has 2 aliphatic rings. The lowest BCUT2D eigenvalue weighted by molar-refractivity contribution is 0.0327. The van der Waals surface area contributed by atoms with Crippen molar-refractivity contribution in [2.75, 3.05) is 52.6 Å². The van der Waals surface area contributed by atoms with Gasteiger partial charge >= 0.3 is 0 Å². The molecule has 0 amide bonds. The van der Waals surface area contributed by atoms with Gasteiger partial charge in [-0.05, 0) is 6.07 Å². The second-order valence-corrected chi connectivity index (χ2v) is 8.00. The van der Waals surface area contributed by atoms with E-state index in [9.17, 15) is 5.11 Å². The first-order chi connectivity index (χ1) is 11.9. The normalized spacial score (nSPS) is 20.0. The van der Waals surface area contributed by atoms with Crippen LogP contribution < -0.4 is 0 Å². The van der Waals surface area contributed by atoms with E-state index in [2.05, 4.69) is 36.6 Å². The summed E-state index contributed by atoms with van der Waals surface area (Å²) in [4.78, 5) is 9.52. The van der Waals surface area contributed by atoms with Crippen molar-refractivity contribution in [2.45, 2.75) is 39.3 Å². The average molecular weight is 386 g/mol. The summed E-state index contributed by atoms with van der Waals surface area (Å²) in [5.74, 6) is 0.352. The summed E-state index contributed by atoms with van der Waals surface area (Å²) in [6.07, 6.45) is 0. The van der Waals surface area contributed by atoms with Crippen LogP contribution in [0.3, 0.4) is 0 Å². The molecule has 6 nitrogen and oxygen atoms in total. The van der Waals surface area contributed by atoms with Gasteiger partial charge in [0.2, 0.25) is 0 Å². The smallest absolute Gasteiger partial charge is 0.142 e. The van der Waals surface area contributed by atoms with Gasteiger partial charge in [-0.1, -0.05) is 20.8 Å². The van der Waals surface area contributed by atoms with Gasteiger partial charge in [0, 0.05) is 50.2 Å². The molecule has 0 aromatic carbocycles. The fourth-order valence-corrected chi connectivity index (χ4v) is 3.36. The van der Waals surface area contributed by atoms with Crippen molar-refractivity contribution < 1.29 is 14.6 Å². The quantitative estimate of drug-likeness (QED) is 0.857. The first-order valence-corrected chi connectivity index (χ1v) is 9.26. The maximum atomic E-state index is 10.8. The van der Waals surface area contributed by atoms with Crippen LogP contribution >= 0.6 is 12.4 Å². The van der Waals surface area contributed by atoms with Gasteiger partial charge in [0.15, 0.2) is 0 Å². The van der Waals surface area contributed by atoms with Gasteiger partial charge in [0.25, 0.3) is 0 Å². The zero-order chi connectivity index (χ0) is 17.9. The van der Waals surface area contributed by atoms with Gasteiger partial charge in [0.1, 0.15) is 5.75 Å². The molecule has 1 N–H and O–H groups in total. The molecule has 1 aromatic rings. The monoisotopic (exact) mass is 385 g/mol. The number of nitrogens with zero attached hydrogens (tertiary/aromatic N) is 3. The average Bonchev–Trinajstić information content (AvgIpc) is 2.58. The van der Waals surface area contributed by atoms with Crippen LogP contribution in [0.15, 0.2) is 6.07 Å². The molecule has 2 aliphatic heterocycles. The van der Waals surface area contributed by atoms with Gasteiger partial charge in [-0.15, -0.1) is 12.4 Å². The fourth-order valence-electron chi connectivity index (χ4n) is 3.36. The number of aromatic hydroxyl groups is 1. The Hall–Kier alpha value is -0.920. The summed E-state index contributed by atoms with van der Waals surface area (Å²) in [6.45, 7) is 14.6. The van der Waals surface area contributed by atoms with E-state index in [1.165, 1.54) is 0 Å². The third kappa shape index (κ3) is 5.54. The number of aromatic nitrogens is 1. The number of morpholine rings is 2. The second-order valence-electron chi connectivity index (χ2n) is 8.00. The lowest BCUT2D eigenvalue weighted by atomic mass is 9.89. The number of ether oxygens (including phenoxy) is 2. The Morgan fingerprint density at radius 2 is 1.46 bits per heavy atom. The summed E-state index contributed by atoms with van der Waals surface area (Å²) >= 11 is 0. The van der Waals surface area contributed by atoms with Crippen molar-refractivity contribution in [3.8, 4) is 5.75 Å². The van der Waals surface area contributed by atoms with E-state index in [0.29, 0.717) is 5.75 Å². The summed E-state index contributed by atoms with van der Waals surface area (Å²) < 4.78 is 10.9. The summed E-state index contributed by atoms with van der Waals surface area (Å²) in [5.41, 5.74) is 2.62. The molecule has 3 heterocycles. The van der Waals surface area contributed by atoms with Gasteiger partial charge in [-0.3, -0.25) is 14.8 Å². The first-order valence-electron chi connectivity index (χ1n) is 9.26. The van der Waals surface area contributed by atoms with E-state index in [0.717, 1.165) is 82.6 Å². The standard InChI is InChI=1S/C19H31N3O3.ClH/c1-19(2,3)18-17(23)15(13-21-4-8-24-9-5-21)12-16(20-18)14-22-6-10-25-11-7-22;/h12,23H,4-11,13-14H2,1-3H3;1H. The van der Waals surface area contributed by atoms with E-state index >= 15 is 0 Å². The minimum atomic E-state index is -0.190. The number of pyridine rings is 1. The zero-order valence-electron chi connectivity index (χ0n) is 16.2. The lowest BCUT2D eigenvalue weighted by Gasteiger charge is -2.30. The molecule has 0 saturated carbocycles. The maximum Gasteiger partial charge on any atom is 0.142 e. The summed E-state index contributed by atoms with van der Waals surface area (Å²) in [5, 5.41) is 10.8. The van der Waals surface area contributed by atoms with Crippen LogP contribution in [0.1, 0.15) is 37.7 Å². The highest BCUT2D eigenvalue weighted by molar-refractivity contribution is 5.85. The third-order valence-corrected chi connectivity index (χ3v) is 4.82. The molecular weight excluding hydrogens is 354 g/mol. The van der Waals surface area contributed by atoms with Gasteiger partial charge in [-0.25, -0.2) is 0 Å². The third-order valence-electron chi connectivity index (χ3n) is 4.82. The highest BCUT2D eigenvalue weighted by Gasteiger charge is 2.25. The van der Waals surface area contributed by atoms with Crippen LogP contribution in [0.25, 0.3) is 0 Å². The fraction of sp³-hybridized carbons (Fsp3) is 0.737. The molecule has 26 heavy (non-hydrogen) atoms. The lowest BCUT2D eigenvalue weighted by Crippen LogP contribution is -2.37.